The number of amides is 1. The number of nitrogens with zero attached hydrogens (tertiary/aromatic N) is 2. The highest BCUT2D eigenvalue weighted by Crippen LogP contribution is 2.22. The molecule has 2 rings (SSSR count). The van der Waals surface area contributed by atoms with Crippen molar-refractivity contribution < 1.29 is 22.7 Å². The Labute approximate surface area is 142 Å². The molecule has 132 valence electrons. The smallest absolute Gasteiger partial charge is 0.308 e. The molecule has 1 saturated heterocycles. The number of hydrogen-bond donors (Lipinski definition) is 0. The second-order valence-corrected chi connectivity index (χ2v) is 7.88. The summed E-state index contributed by atoms with van der Waals surface area (Å²) in [6.45, 7) is 1.01. The first-order valence-electron chi connectivity index (χ1n) is 7.65. The Bertz CT molecular complexity index is 706. The van der Waals surface area contributed by atoms with Gasteiger partial charge in [0.25, 0.3) is 5.91 Å². The Morgan fingerprint density at radius 3 is 2.17 bits per heavy atom. The molecule has 1 aromatic carbocycles. The van der Waals surface area contributed by atoms with Gasteiger partial charge in [0.2, 0.25) is 10.0 Å². The number of carbonyl (C=O) groups is 2. The fraction of sp³-hybridized carbons (Fsp3) is 0.500. The first kappa shape index (κ1) is 18.3. The molecule has 0 unspecified atom stereocenters. The fourth-order valence-corrected chi connectivity index (χ4v) is 3.18. The van der Waals surface area contributed by atoms with Crippen molar-refractivity contribution in [1.82, 2.24) is 4.90 Å². The van der Waals surface area contributed by atoms with E-state index in [9.17, 15) is 18.0 Å². The minimum absolute atomic E-state index is 0.119. The second kappa shape index (κ2) is 7.21. The Kier molecular flexibility index (Phi) is 5.48. The average Bonchev–Trinajstić information content (AvgIpc) is 2.59. The summed E-state index contributed by atoms with van der Waals surface area (Å²) < 4.78 is 28.9. The molecule has 0 bridgehead atoms. The van der Waals surface area contributed by atoms with E-state index in [0.717, 1.165) is 10.6 Å². The largest absolute Gasteiger partial charge is 0.469 e. The van der Waals surface area contributed by atoms with Gasteiger partial charge in [-0.05, 0) is 37.1 Å². The van der Waals surface area contributed by atoms with E-state index in [1.807, 2.05) is 0 Å². The molecule has 1 aliphatic heterocycles. The lowest BCUT2D eigenvalue weighted by Gasteiger charge is -2.30. The van der Waals surface area contributed by atoms with Gasteiger partial charge in [-0.3, -0.25) is 13.9 Å². The van der Waals surface area contributed by atoms with E-state index in [0.29, 0.717) is 37.2 Å². The third-order valence-electron chi connectivity index (χ3n) is 4.29. The van der Waals surface area contributed by atoms with Crippen LogP contribution in [0.3, 0.4) is 0 Å². The fourth-order valence-electron chi connectivity index (χ4n) is 2.67. The van der Waals surface area contributed by atoms with E-state index >= 15 is 0 Å². The minimum Gasteiger partial charge on any atom is -0.469 e. The van der Waals surface area contributed by atoms with E-state index in [-0.39, 0.29) is 17.8 Å². The summed E-state index contributed by atoms with van der Waals surface area (Å²) in [5, 5.41) is 0. The zero-order chi connectivity index (χ0) is 17.9. The maximum absolute atomic E-state index is 12.5. The average molecular weight is 354 g/mol. The second-order valence-electron chi connectivity index (χ2n) is 5.87. The van der Waals surface area contributed by atoms with Crippen LogP contribution in [0.4, 0.5) is 5.69 Å². The molecule has 0 atom stereocenters. The predicted octanol–water partition coefficient (Wildman–Crippen LogP) is 1.11. The zero-order valence-electron chi connectivity index (χ0n) is 14.1. The molecule has 1 amide bonds. The molecule has 1 fully saturated rings. The molecule has 1 heterocycles. The van der Waals surface area contributed by atoms with Crippen LogP contribution in [0.2, 0.25) is 0 Å². The van der Waals surface area contributed by atoms with E-state index in [4.69, 9.17) is 4.74 Å². The van der Waals surface area contributed by atoms with Gasteiger partial charge in [0, 0.05) is 25.7 Å². The van der Waals surface area contributed by atoms with Crippen LogP contribution in [0.5, 0.6) is 0 Å². The van der Waals surface area contributed by atoms with Crippen molar-refractivity contribution in [3.8, 4) is 0 Å². The lowest BCUT2D eigenvalue weighted by Crippen LogP contribution is -2.40. The summed E-state index contributed by atoms with van der Waals surface area (Å²) in [5.74, 6) is -0.494. The van der Waals surface area contributed by atoms with Gasteiger partial charge in [-0.1, -0.05) is 0 Å². The van der Waals surface area contributed by atoms with Gasteiger partial charge >= 0.3 is 5.97 Å². The van der Waals surface area contributed by atoms with Crippen LogP contribution in [0.25, 0.3) is 0 Å². The highest BCUT2D eigenvalue weighted by atomic mass is 32.2. The molecule has 7 nitrogen and oxygen atoms in total. The maximum Gasteiger partial charge on any atom is 0.308 e. The molecule has 8 heteroatoms. The topological polar surface area (TPSA) is 84.0 Å². The number of methoxy groups -OCH3 is 1. The highest BCUT2D eigenvalue weighted by molar-refractivity contribution is 7.92. The number of esters is 1. The lowest BCUT2D eigenvalue weighted by molar-refractivity contribution is -0.146. The van der Waals surface area contributed by atoms with Crippen molar-refractivity contribution in [2.45, 2.75) is 12.8 Å². The van der Waals surface area contributed by atoms with Crippen molar-refractivity contribution >= 4 is 27.6 Å². The first-order chi connectivity index (χ1) is 11.2. The molecule has 0 saturated carbocycles. The number of rotatable bonds is 4. The van der Waals surface area contributed by atoms with Crippen molar-refractivity contribution in [1.29, 1.82) is 0 Å². The number of ether oxygens (including phenoxy) is 1. The van der Waals surface area contributed by atoms with Crippen molar-refractivity contribution in [2.75, 3.05) is 37.8 Å². The number of benzene rings is 1. The molecule has 1 aliphatic rings. The Morgan fingerprint density at radius 2 is 1.71 bits per heavy atom. The maximum atomic E-state index is 12.5. The standard InChI is InChI=1S/C16H22N2O5S/c1-17(24(3,21)22)14-6-4-12(5-7-14)15(19)18-10-8-13(9-11-18)16(20)23-2/h4-7,13H,8-11H2,1-3H3. The van der Waals surface area contributed by atoms with Crippen LogP contribution < -0.4 is 4.31 Å². The van der Waals surface area contributed by atoms with Gasteiger partial charge in [-0.15, -0.1) is 0 Å². The number of carbonyl (C=O) groups excluding carboxylic acids is 2. The van der Waals surface area contributed by atoms with Gasteiger partial charge in [0.15, 0.2) is 0 Å². The summed E-state index contributed by atoms with van der Waals surface area (Å²) >= 11 is 0. The normalized spacial score (nSPS) is 15.9. The number of likely N-dealkylation sites (tertiary alicyclic amines) is 1. The van der Waals surface area contributed by atoms with Gasteiger partial charge in [0.05, 0.1) is 25.0 Å². The van der Waals surface area contributed by atoms with E-state index in [1.54, 1.807) is 29.2 Å². The molecular weight excluding hydrogens is 332 g/mol. The molecular formula is C16H22N2O5S. The third-order valence-corrected chi connectivity index (χ3v) is 5.50. The summed E-state index contributed by atoms with van der Waals surface area (Å²) in [6, 6.07) is 6.45. The first-order valence-corrected chi connectivity index (χ1v) is 9.50. The number of sulfonamides is 1. The monoisotopic (exact) mass is 354 g/mol. The van der Waals surface area contributed by atoms with Crippen LogP contribution in [-0.2, 0) is 19.6 Å². The van der Waals surface area contributed by atoms with Crippen molar-refractivity contribution in [3.05, 3.63) is 29.8 Å². The summed E-state index contributed by atoms with van der Waals surface area (Å²) in [4.78, 5) is 25.7. The summed E-state index contributed by atoms with van der Waals surface area (Å²) in [7, 11) is -0.500. The van der Waals surface area contributed by atoms with Gasteiger partial charge in [0.1, 0.15) is 0 Å². The number of hydrogen-bond acceptors (Lipinski definition) is 5. The van der Waals surface area contributed by atoms with Crippen molar-refractivity contribution in [2.24, 2.45) is 5.92 Å². The van der Waals surface area contributed by atoms with Crippen LogP contribution in [0, 0.1) is 5.92 Å². The summed E-state index contributed by atoms with van der Waals surface area (Å²) in [6.07, 6.45) is 2.30. The van der Waals surface area contributed by atoms with Crippen LogP contribution in [0.15, 0.2) is 24.3 Å². The quantitative estimate of drug-likeness (QED) is 0.756. The van der Waals surface area contributed by atoms with E-state index < -0.39 is 10.0 Å². The lowest BCUT2D eigenvalue weighted by atomic mass is 9.96. The van der Waals surface area contributed by atoms with Crippen LogP contribution in [-0.4, -0.2) is 58.7 Å². The number of piperidine rings is 1. The molecule has 0 radical (unpaired) electrons. The Balaban J connectivity index is 2.02. The van der Waals surface area contributed by atoms with Gasteiger partial charge < -0.3 is 9.64 Å². The molecule has 0 aromatic heterocycles. The molecule has 24 heavy (non-hydrogen) atoms. The third kappa shape index (κ3) is 4.05. The van der Waals surface area contributed by atoms with Crippen LogP contribution in [0.1, 0.15) is 23.2 Å². The molecule has 1 aromatic rings. The zero-order valence-corrected chi connectivity index (χ0v) is 14.9. The summed E-state index contributed by atoms with van der Waals surface area (Å²) in [5.41, 5.74) is 0.996. The van der Waals surface area contributed by atoms with Gasteiger partial charge in [-0.2, -0.15) is 0 Å². The molecule has 0 N–H and O–H groups in total. The van der Waals surface area contributed by atoms with Crippen molar-refractivity contribution in [3.63, 3.8) is 0 Å². The number of anilines is 1. The highest BCUT2D eigenvalue weighted by Gasteiger charge is 2.28. The Morgan fingerprint density at radius 1 is 1.17 bits per heavy atom. The SMILES string of the molecule is COC(=O)C1CCN(C(=O)c2ccc(N(C)S(C)(=O)=O)cc2)CC1. The molecule has 0 aliphatic carbocycles. The minimum atomic E-state index is -3.33. The predicted molar refractivity (Wildman–Crippen MR) is 90.3 cm³/mol. The Hall–Kier alpha value is -2.09. The van der Waals surface area contributed by atoms with E-state index in [1.165, 1.54) is 14.2 Å². The van der Waals surface area contributed by atoms with E-state index in [2.05, 4.69) is 0 Å². The molecule has 0 spiro atoms. The van der Waals surface area contributed by atoms with Crippen LogP contribution >= 0.6 is 0 Å². The van der Waals surface area contributed by atoms with Gasteiger partial charge in [-0.25, -0.2) is 8.42 Å².